The maximum absolute atomic E-state index is 5.46. The molecule has 0 aromatic carbocycles. The molecule has 84 valence electrons. The van der Waals surface area contributed by atoms with Crippen LogP contribution in [0.4, 0.5) is 0 Å². The number of nitrogens with one attached hydrogen (secondary N) is 1. The molecule has 0 bridgehead atoms. The van der Waals surface area contributed by atoms with Gasteiger partial charge in [0.2, 0.25) is 5.88 Å². The Labute approximate surface area is 91.9 Å². The second kappa shape index (κ2) is 5.71. The standard InChI is InChI=1S/C12H20N2O/c1-9(2)13-7-11-5-6-12(14-8-11)15-10(3)4/h5-6,8-10,13H,7H2,1-4H3. The molecule has 0 unspecified atom stereocenters. The number of aromatic nitrogens is 1. The lowest BCUT2D eigenvalue weighted by molar-refractivity contribution is 0.232. The van der Waals surface area contributed by atoms with Gasteiger partial charge in [0, 0.05) is 24.8 Å². The molecule has 1 aromatic rings. The van der Waals surface area contributed by atoms with E-state index in [2.05, 4.69) is 24.1 Å². The van der Waals surface area contributed by atoms with Crippen molar-refractivity contribution in [3.63, 3.8) is 0 Å². The highest BCUT2D eigenvalue weighted by atomic mass is 16.5. The first-order valence-electron chi connectivity index (χ1n) is 5.43. The maximum atomic E-state index is 5.46. The Morgan fingerprint density at radius 1 is 1.27 bits per heavy atom. The van der Waals surface area contributed by atoms with Gasteiger partial charge in [-0.1, -0.05) is 19.9 Å². The third kappa shape index (κ3) is 4.79. The van der Waals surface area contributed by atoms with Crippen LogP contribution in [0.1, 0.15) is 33.3 Å². The number of ether oxygens (including phenoxy) is 1. The summed E-state index contributed by atoms with van der Waals surface area (Å²) in [5.74, 6) is 0.693. The molecule has 0 aliphatic carbocycles. The molecule has 0 atom stereocenters. The molecule has 15 heavy (non-hydrogen) atoms. The van der Waals surface area contributed by atoms with E-state index in [1.165, 1.54) is 5.56 Å². The quantitative estimate of drug-likeness (QED) is 0.806. The third-order valence-corrected chi connectivity index (χ3v) is 1.87. The second-order valence-electron chi connectivity index (χ2n) is 4.21. The fourth-order valence-corrected chi connectivity index (χ4v) is 1.15. The highest BCUT2D eigenvalue weighted by molar-refractivity contribution is 5.17. The van der Waals surface area contributed by atoms with E-state index in [1.807, 2.05) is 32.2 Å². The van der Waals surface area contributed by atoms with E-state index in [-0.39, 0.29) is 6.10 Å². The van der Waals surface area contributed by atoms with E-state index in [1.54, 1.807) is 0 Å². The lowest BCUT2D eigenvalue weighted by atomic mass is 10.2. The number of pyridine rings is 1. The number of nitrogens with zero attached hydrogens (tertiary/aromatic N) is 1. The molecule has 1 heterocycles. The molecule has 3 nitrogen and oxygen atoms in total. The first-order chi connectivity index (χ1) is 7.08. The van der Waals surface area contributed by atoms with Crippen molar-refractivity contribution in [1.82, 2.24) is 10.3 Å². The van der Waals surface area contributed by atoms with Gasteiger partial charge in [0.1, 0.15) is 0 Å². The van der Waals surface area contributed by atoms with Crippen LogP contribution in [0, 0.1) is 0 Å². The van der Waals surface area contributed by atoms with Gasteiger partial charge in [-0.15, -0.1) is 0 Å². The van der Waals surface area contributed by atoms with Crippen molar-refractivity contribution < 1.29 is 4.74 Å². The molecular weight excluding hydrogens is 188 g/mol. The van der Waals surface area contributed by atoms with Gasteiger partial charge in [0.25, 0.3) is 0 Å². The molecule has 0 aliphatic rings. The zero-order valence-corrected chi connectivity index (χ0v) is 9.95. The minimum Gasteiger partial charge on any atom is -0.475 e. The summed E-state index contributed by atoms with van der Waals surface area (Å²) in [4.78, 5) is 4.23. The average molecular weight is 208 g/mol. The normalized spacial score (nSPS) is 11.1. The Balaban J connectivity index is 2.49. The molecule has 0 radical (unpaired) electrons. The van der Waals surface area contributed by atoms with Crippen molar-refractivity contribution >= 4 is 0 Å². The minimum absolute atomic E-state index is 0.178. The van der Waals surface area contributed by atoms with Crippen LogP contribution >= 0.6 is 0 Å². The summed E-state index contributed by atoms with van der Waals surface area (Å²) in [6, 6.07) is 4.45. The molecule has 0 saturated carbocycles. The Morgan fingerprint density at radius 3 is 2.47 bits per heavy atom. The monoisotopic (exact) mass is 208 g/mol. The molecule has 0 aliphatic heterocycles. The SMILES string of the molecule is CC(C)NCc1ccc(OC(C)C)nc1. The molecule has 1 N–H and O–H groups in total. The largest absolute Gasteiger partial charge is 0.475 e. The zero-order chi connectivity index (χ0) is 11.3. The maximum Gasteiger partial charge on any atom is 0.213 e. The van der Waals surface area contributed by atoms with Gasteiger partial charge in [-0.3, -0.25) is 0 Å². The molecular formula is C12H20N2O. The van der Waals surface area contributed by atoms with E-state index in [9.17, 15) is 0 Å². The molecule has 0 amide bonds. The van der Waals surface area contributed by atoms with Crippen molar-refractivity contribution in [3.8, 4) is 5.88 Å². The van der Waals surface area contributed by atoms with Crippen LogP contribution in [0.3, 0.4) is 0 Å². The molecule has 1 rings (SSSR count). The fourth-order valence-electron chi connectivity index (χ4n) is 1.15. The third-order valence-electron chi connectivity index (χ3n) is 1.87. The first kappa shape index (κ1) is 12.0. The molecule has 3 heteroatoms. The van der Waals surface area contributed by atoms with Gasteiger partial charge >= 0.3 is 0 Å². The van der Waals surface area contributed by atoms with Gasteiger partial charge in [0.05, 0.1) is 6.10 Å². The van der Waals surface area contributed by atoms with E-state index >= 15 is 0 Å². The van der Waals surface area contributed by atoms with Crippen LogP contribution < -0.4 is 10.1 Å². The van der Waals surface area contributed by atoms with Crippen molar-refractivity contribution in [2.75, 3.05) is 0 Å². The second-order valence-corrected chi connectivity index (χ2v) is 4.21. The minimum atomic E-state index is 0.178. The van der Waals surface area contributed by atoms with E-state index in [4.69, 9.17) is 4.74 Å². The van der Waals surface area contributed by atoms with Gasteiger partial charge in [-0.25, -0.2) is 4.98 Å². The highest BCUT2D eigenvalue weighted by Crippen LogP contribution is 2.09. The number of rotatable bonds is 5. The average Bonchev–Trinajstić information content (AvgIpc) is 2.16. The molecule has 0 saturated heterocycles. The summed E-state index contributed by atoms with van der Waals surface area (Å²) >= 11 is 0. The Hall–Kier alpha value is -1.09. The van der Waals surface area contributed by atoms with Crippen LogP contribution in [-0.4, -0.2) is 17.1 Å². The number of hydrogen-bond acceptors (Lipinski definition) is 3. The van der Waals surface area contributed by atoms with Crippen LogP contribution in [0.2, 0.25) is 0 Å². The lowest BCUT2D eigenvalue weighted by Crippen LogP contribution is -2.21. The van der Waals surface area contributed by atoms with E-state index in [0.717, 1.165) is 6.54 Å². The summed E-state index contributed by atoms with van der Waals surface area (Å²) in [6.07, 6.45) is 2.03. The zero-order valence-electron chi connectivity index (χ0n) is 9.95. The predicted molar refractivity (Wildman–Crippen MR) is 62.0 cm³/mol. The lowest BCUT2D eigenvalue weighted by Gasteiger charge is -2.10. The van der Waals surface area contributed by atoms with Crippen molar-refractivity contribution in [2.45, 2.75) is 46.4 Å². The molecule has 0 spiro atoms. The molecule has 0 fully saturated rings. The van der Waals surface area contributed by atoms with Crippen molar-refractivity contribution in [3.05, 3.63) is 23.9 Å². The van der Waals surface area contributed by atoms with Crippen LogP contribution in [0.15, 0.2) is 18.3 Å². The van der Waals surface area contributed by atoms with Gasteiger partial charge < -0.3 is 10.1 Å². The van der Waals surface area contributed by atoms with E-state index in [0.29, 0.717) is 11.9 Å². The fraction of sp³-hybridized carbons (Fsp3) is 0.583. The smallest absolute Gasteiger partial charge is 0.213 e. The summed E-state index contributed by atoms with van der Waals surface area (Å²) in [5.41, 5.74) is 1.18. The number of hydrogen-bond donors (Lipinski definition) is 1. The summed E-state index contributed by atoms with van der Waals surface area (Å²) < 4.78 is 5.46. The highest BCUT2D eigenvalue weighted by Gasteiger charge is 1.99. The summed E-state index contributed by atoms with van der Waals surface area (Å²) in [6.45, 7) is 9.10. The van der Waals surface area contributed by atoms with Gasteiger partial charge in [0.15, 0.2) is 0 Å². The van der Waals surface area contributed by atoms with Crippen LogP contribution in [0.5, 0.6) is 5.88 Å². The van der Waals surface area contributed by atoms with Crippen molar-refractivity contribution in [1.29, 1.82) is 0 Å². The Morgan fingerprint density at radius 2 is 2.00 bits per heavy atom. The van der Waals surface area contributed by atoms with Crippen LogP contribution in [-0.2, 0) is 6.54 Å². The molecule has 1 aromatic heterocycles. The Bertz CT molecular complexity index is 280. The van der Waals surface area contributed by atoms with Gasteiger partial charge in [-0.05, 0) is 19.4 Å². The summed E-state index contributed by atoms with van der Waals surface area (Å²) in [7, 11) is 0. The van der Waals surface area contributed by atoms with Gasteiger partial charge in [-0.2, -0.15) is 0 Å². The van der Waals surface area contributed by atoms with Crippen molar-refractivity contribution in [2.24, 2.45) is 0 Å². The van der Waals surface area contributed by atoms with E-state index < -0.39 is 0 Å². The van der Waals surface area contributed by atoms with Crippen LogP contribution in [0.25, 0.3) is 0 Å². The Kier molecular flexibility index (Phi) is 4.56. The first-order valence-corrected chi connectivity index (χ1v) is 5.43. The summed E-state index contributed by atoms with van der Waals surface area (Å²) in [5, 5.41) is 3.34. The predicted octanol–water partition coefficient (Wildman–Crippen LogP) is 2.37. The topological polar surface area (TPSA) is 34.1 Å².